The van der Waals surface area contributed by atoms with Gasteiger partial charge in [0.25, 0.3) is 0 Å². The van der Waals surface area contributed by atoms with Gasteiger partial charge in [0, 0.05) is 12.7 Å². The van der Waals surface area contributed by atoms with Gasteiger partial charge < -0.3 is 10.5 Å². The van der Waals surface area contributed by atoms with Crippen LogP contribution in [0.25, 0.3) is 0 Å². The van der Waals surface area contributed by atoms with Crippen molar-refractivity contribution in [2.24, 2.45) is 5.73 Å². The molecule has 8 heteroatoms. The largest absolute Gasteiger partial charge is 0.465 e. The summed E-state index contributed by atoms with van der Waals surface area (Å²) in [4.78, 5) is 11.5. The monoisotopic (exact) mass is 293 g/mol. The molecule has 0 aliphatic heterocycles. The average molecular weight is 293 g/mol. The second-order valence-corrected chi connectivity index (χ2v) is 4.73. The van der Waals surface area contributed by atoms with Crippen molar-refractivity contribution in [2.45, 2.75) is 44.9 Å². The number of hydrogen-bond donors (Lipinski definition) is 1. The molecule has 0 saturated carbocycles. The third-order valence-electron chi connectivity index (χ3n) is 2.79. The molecule has 1 atom stereocenters. The van der Waals surface area contributed by atoms with Gasteiger partial charge in [0.1, 0.15) is 5.54 Å². The second-order valence-electron chi connectivity index (χ2n) is 4.73. The van der Waals surface area contributed by atoms with Crippen LogP contribution in [0.4, 0.5) is 13.2 Å². The summed E-state index contributed by atoms with van der Waals surface area (Å²) in [5.74, 6) is -0.517. The molecular formula is C12H18F3N3O2. The Morgan fingerprint density at radius 3 is 2.65 bits per heavy atom. The first-order valence-corrected chi connectivity index (χ1v) is 6.22. The molecule has 1 unspecified atom stereocenters. The smallest absolute Gasteiger partial charge is 0.419 e. The number of aromatic nitrogens is 2. The Hall–Kier alpha value is -1.57. The van der Waals surface area contributed by atoms with Crippen LogP contribution in [0.2, 0.25) is 0 Å². The Bertz CT molecular complexity index is 455. The van der Waals surface area contributed by atoms with E-state index in [9.17, 15) is 18.0 Å². The molecule has 1 aromatic heterocycles. The Morgan fingerprint density at radius 1 is 1.50 bits per heavy atom. The molecule has 0 aromatic carbocycles. The molecule has 0 amide bonds. The fourth-order valence-corrected chi connectivity index (χ4v) is 1.64. The van der Waals surface area contributed by atoms with Crippen LogP contribution in [0.1, 0.15) is 32.3 Å². The van der Waals surface area contributed by atoms with E-state index in [0.29, 0.717) is 12.8 Å². The van der Waals surface area contributed by atoms with Crippen LogP contribution >= 0.6 is 0 Å². The van der Waals surface area contributed by atoms with E-state index in [2.05, 4.69) is 5.10 Å². The number of nitrogens with two attached hydrogens (primary N) is 1. The van der Waals surface area contributed by atoms with Crippen molar-refractivity contribution in [1.82, 2.24) is 9.78 Å². The minimum absolute atomic E-state index is 0.236. The van der Waals surface area contributed by atoms with Crippen molar-refractivity contribution in [3.8, 4) is 0 Å². The Kier molecular flexibility index (Phi) is 5.15. The molecule has 0 spiro atoms. The van der Waals surface area contributed by atoms with Crippen LogP contribution in [0.5, 0.6) is 0 Å². The van der Waals surface area contributed by atoms with E-state index in [4.69, 9.17) is 10.5 Å². The molecule has 0 radical (unpaired) electrons. The third-order valence-corrected chi connectivity index (χ3v) is 2.79. The Balaban J connectivity index is 2.48. The summed E-state index contributed by atoms with van der Waals surface area (Å²) in [5.41, 5.74) is 3.86. The van der Waals surface area contributed by atoms with Crippen molar-refractivity contribution >= 4 is 5.97 Å². The van der Waals surface area contributed by atoms with Crippen LogP contribution in [0, 0.1) is 0 Å². The lowest BCUT2D eigenvalue weighted by Crippen LogP contribution is -2.46. The molecule has 0 aliphatic carbocycles. The van der Waals surface area contributed by atoms with E-state index < -0.39 is 23.2 Å². The predicted molar refractivity (Wildman–Crippen MR) is 65.7 cm³/mol. The van der Waals surface area contributed by atoms with Crippen molar-refractivity contribution in [2.75, 3.05) is 6.61 Å². The van der Waals surface area contributed by atoms with E-state index in [0.717, 1.165) is 12.4 Å². The molecule has 1 heterocycles. The summed E-state index contributed by atoms with van der Waals surface area (Å²) in [7, 11) is 0. The number of nitrogens with zero attached hydrogens (tertiary/aromatic N) is 2. The summed E-state index contributed by atoms with van der Waals surface area (Å²) >= 11 is 0. The van der Waals surface area contributed by atoms with Crippen molar-refractivity contribution in [3.05, 3.63) is 18.0 Å². The van der Waals surface area contributed by atoms with E-state index >= 15 is 0 Å². The van der Waals surface area contributed by atoms with Gasteiger partial charge >= 0.3 is 12.1 Å². The molecular weight excluding hydrogens is 275 g/mol. The highest BCUT2D eigenvalue weighted by Crippen LogP contribution is 2.28. The summed E-state index contributed by atoms with van der Waals surface area (Å²) in [6.45, 7) is 3.70. The number of aryl methyl sites for hydroxylation is 1. The standard InChI is InChI=1S/C12H18F3N3O2/c1-3-20-10(19)11(2,16)5-4-6-18-8-9(7-17-18)12(13,14)15/h7-8H,3-6,16H2,1-2H3. The van der Waals surface area contributed by atoms with Crippen molar-refractivity contribution in [3.63, 3.8) is 0 Å². The summed E-state index contributed by atoms with van der Waals surface area (Å²) < 4.78 is 43.1. The first-order chi connectivity index (χ1) is 9.16. The fourth-order valence-electron chi connectivity index (χ4n) is 1.64. The molecule has 1 rings (SSSR count). The topological polar surface area (TPSA) is 70.1 Å². The zero-order chi connectivity index (χ0) is 15.4. The normalized spacial score (nSPS) is 14.9. The first kappa shape index (κ1) is 16.5. The lowest BCUT2D eigenvalue weighted by Gasteiger charge is -2.21. The van der Waals surface area contributed by atoms with Crippen molar-refractivity contribution in [1.29, 1.82) is 0 Å². The second kappa shape index (κ2) is 6.25. The molecule has 0 fully saturated rings. The van der Waals surface area contributed by atoms with E-state index in [1.165, 1.54) is 11.6 Å². The van der Waals surface area contributed by atoms with Gasteiger partial charge in [-0.2, -0.15) is 18.3 Å². The van der Waals surface area contributed by atoms with Crippen molar-refractivity contribution < 1.29 is 22.7 Å². The summed E-state index contributed by atoms with van der Waals surface area (Å²) in [6, 6.07) is 0. The maximum Gasteiger partial charge on any atom is 0.419 e. The lowest BCUT2D eigenvalue weighted by atomic mass is 9.97. The molecule has 20 heavy (non-hydrogen) atoms. The fraction of sp³-hybridized carbons (Fsp3) is 0.667. The number of carbonyl (C=O) groups excluding carboxylic acids is 1. The van der Waals surface area contributed by atoms with E-state index in [-0.39, 0.29) is 13.2 Å². The third kappa shape index (κ3) is 4.52. The molecule has 0 aliphatic rings. The van der Waals surface area contributed by atoms with Gasteiger partial charge in [-0.3, -0.25) is 9.48 Å². The maximum atomic E-state index is 12.4. The average Bonchev–Trinajstić information content (AvgIpc) is 2.77. The molecule has 5 nitrogen and oxygen atoms in total. The lowest BCUT2D eigenvalue weighted by molar-refractivity contribution is -0.149. The highest BCUT2D eigenvalue weighted by molar-refractivity contribution is 5.79. The Morgan fingerprint density at radius 2 is 2.15 bits per heavy atom. The van der Waals surface area contributed by atoms with Gasteiger partial charge in [-0.25, -0.2) is 0 Å². The minimum atomic E-state index is -4.40. The van der Waals surface area contributed by atoms with Gasteiger partial charge in [0.15, 0.2) is 0 Å². The van der Waals surface area contributed by atoms with E-state index in [1.807, 2.05) is 0 Å². The molecule has 114 valence electrons. The maximum absolute atomic E-state index is 12.4. The van der Waals surface area contributed by atoms with Crippen LogP contribution in [-0.4, -0.2) is 27.9 Å². The first-order valence-electron chi connectivity index (χ1n) is 6.22. The van der Waals surface area contributed by atoms with Crippen LogP contribution in [-0.2, 0) is 22.3 Å². The summed E-state index contributed by atoms with van der Waals surface area (Å²) in [6.07, 6.45) is -1.98. The molecule has 1 aromatic rings. The SMILES string of the molecule is CCOC(=O)C(C)(N)CCCn1cc(C(F)(F)F)cn1. The predicted octanol–water partition coefficient (Wildman–Crippen LogP) is 1.96. The van der Waals surface area contributed by atoms with Crippen LogP contribution in [0.3, 0.4) is 0 Å². The van der Waals surface area contributed by atoms with Gasteiger partial charge in [-0.05, 0) is 26.7 Å². The highest BCUT2D eigenvalue weighted by Gasteiger charge is 2.32. The van der Waals surface area contributed by atoms with Crippen LogP contribution in [0.15, 0.2) is 12.4 Å². The number of hydrogen-bond acceptors (Lipinski definition) is 4. The number of carbonyl (C=O) groups is 1. The minimum Gasteiger partial charge on any atom is -0.465 e. The number of alkyl halides is 3. The molecule has 0 bridgehead atoms. The number of halogens is 3. The molecule has 0 saturated heterocycles. The van der Waals surface area contributed by atoms with Gasteiger partial charge in [0.2, 0.25) is 0 Å². The van der Waals surface area contributed by atoms with Gasteiger partial charge in [0.05, 0.1) is 18.4 Å². The van der Waals surface area contributed by atoms with Crippen LogP contribution < -0.4 is 5.73 Å². The number of ether oxygens (including phenoxy) is 1. The van der Waals surface area contributed by atoms with E-state index in [1.54, 1.807) is 6.92 Å². The number of esters is 1. The van der Waals surface area contributed by atoms with Gasteiger partial charge in [-0.15, -0.1) is 0 Å². The highest BCUT2D eigenvalue weighted by atomic mass is 19.4. The Labute approximate surface area is 114 Å². The quantitative estimate of drug-likeness (QED) is 0.814. The zero-order valence-electron chi connectivity index (χ0n) is 11.4. The number of rotatable bonds is 6. The summed E-state index contributed by atoms with van der Waals surface area (Å²) in [5, 5.41) is 3.62. The van der Waals surface area contributed by atoms with Gasteiger partial charge in [-0.1, -0.05) is 0 Å². The zero-order valence-corrected chi connectivity index (χ0v) is 11.4. The molecule has 2 N–H and O–H groups in total.